The number of aliphatic hydroxyl groups is 2. The van der Waals surface area contributed by atoms with E-state index in [1.807, 2.05) is 60.7 Å². The molecule has 0 saturated carbocycles. The summed E-state index contributed by atoms with van der Waals surface area (Å²) in [5.74, 6) is 0. The standard InChI is InChI=1S/C21H26O6/c1-24-21-20(26-14-16-10-6-3-7-11-16)19(18(23)17(12-22)27-21)25-13-15-8-4-2-5-9-15/h2-11,17-23H,12-14H2,1H3/t17?,18-,19?,20?,21-/m0/s1. The van der Waals surface area contributed by atoms with Crippen LogP contribution in [0.1, 0.15) is 11.1 Å². The van der Waals surface area contributed by atoms with Gasteiger partial charge in [0.1, 0.15) is 24.4 Å². The lowest BCUT2D eigenvalue weighted by molar-refractivity contribution is -0.314. The van der Waals surface area contributed by atoms with Crippen LogP contribution < -0.4 is 0 Å². The van der Waals surface area contributed by atoms with Gasteiger partial charge in [0, 0.05) is 7.11 Å². The number of benzene rings is 2. The third-order valence-corrected chi connectivity index (χ3v) is 4.60. The molecule has 2 N–H and O–H groups in total. The monoisotopic (exact) mass is 374 g/mol. The van der Waals surface area contributed by atoms with E-state index in [4.69, 9.17) is 18.9 Å². The zero-order valence-electron chi connectivity index (χ0n) is 15.3. The Morgan fingerprint density at radius 1 is 0.852 bits per heavy atom. The van der Waals surface area contributed by atoms with Crippen LogP contribution >= 0.6 is 0 Å². The highest BCUT2D eigenvalue weighted by Gasteiger charge is 2.46. The number of methoxy groups -OCH3 is 1. The predicted molar refractivity (Wildman–Crippen MR) is 98.8 cm³/mol. The molecule has 3 rings (SSSR count). The molecule has 146 valence electrons. The minimum absolute atomic E-state index is 0.308. The molecule has 1 aliphatic heterocycles. The number of aliphatic hydroxyl groups excluding tert-OH is 2. The van der Waals surface area contributed by atoms with Crippen LogP contribution in [0.2, 0.25) is 0 Å². The van der Waals surface area contributed by atoms with E-state index in [0.717, 1.165) is 11.1 Å². The second kappa shape index (κ2) is 9.94. The Bertz CT molecular complexity index is 665. The van der Waals surface area contributed by atoms with Gasteiger partial charge < -0.3 is 29.2 Å². The van der Waals surface area contributed by atoms with Crippen molar-refractivity contribution in [1.29, 1.82) is 0 Å². The van der Waals surface area contributed by atoms with E-state index in [1.165, 1.54) is 7.11 Å². The van der Waals surface area contributed by atoms with Gasteiger partial charge in [-0.3, -0.25) is 0 Å². The van der Waals surface area contributed by atoms with Crippen molar-refractivity contribution in [2.45, 2.75) is 43.9 Å². The van der Waals surface area contributed by atoms with Gasteiger partial charge in [-0.2, -0.15) is 0 Å². The van der Waals surface area contributed by atoms with Gasteiger partial charge in [-0.1, -0.05) is 60.7 Å². The maximum atomic E-state index is 10.6. The zero-order chi connectivity index (χ0) is 19.1. The summed E-state index contributed by atoms with van der Waals surface area (Å²) in [6.45, 7) is 0.302. The van der Waals surface area contributed by atoms with Crippen molar-refractivity contribution >= 4 is 0 Å². The molecule has 0 aromatic heterocycles. The summed E-state index contributed by atoms with van der Waals surface area (Å²) in [5, 5.41) is 20.2. The molecule has 2 aromatic carbocycles. The Labute approximate surface area is 159 Å². The van der Waals surface area contributed by atoms with Crippen LogP contribution in [0.15, 0.2) is 60.7 Å². The Hall–Kier alpha value is -1.80. The quantitative estimate of drug-likeness (QED) is 0.735. The molecule has 0 radical (unpaired) electrons. The summed E-state index contributed by atoms with van der Waals surface area (Å²) in [6, 6.07) is 19.4. The lowest BCUT2D eigenvalue weighted by Gasteiger charge is -2.43. The van der Waals surface area contributed by atoms with E-state index in [-0.39, 0.29) is 6.61 Å². The molecule has 0 amide bonds. The third kappa shape index (κ3) is 5.13. The summed E-state index contributed by atoms with van der Waals surface area (Å²) in [4.78, 5) is 0. The van der Waals surface area contributed by atoms with E-state index in [0.29, 0.717) is 13.2 Å². The highest BCUT2D eigenvalue weighted by atomic mass is 16.7. The molecule has 0 aliphatic carbocycles. The highest BCUT2D eigenvalue weighted by Crippen LogP contribution is 2.28. The molecule has 3 unspecified atom stereocenters. The van der Waals surface area contributed by atoms with Gasteiger partial charge in [-0.05, 0) is 11.1 Å². The molecule has 27 heavy (non-hydrogen) atoms. The first-order chi connectivity index (χ1) is 13.2. The average molecular weight is 374 g/mol. The predicted octanol–water partition coefficient (Wildman–Crippen LogP) is 1.88. The Morgan fingerprint density at radius 3 is 1.85 bits per heavy atom. The van der Waals surface area contributed by atoms with E-state index in [1.54, 1.807) is 0 Å². The molecule has 1 saturated heterocycles. The first kappa shape index (κ1) is 19.9. The van der Waals surface area contributed by atoms with E-state index >= 15 is 0 Å². The van der Waals surface area contributed by atoms with Crippen molar-refractivity contribution in [2.75, 3.05) is 13.7 Å². The van der Waals surface area contributed by atoms with Gasteiger partial charge in [0.05, 0.1) is 19.8 Å². The molecule has 6 nitrogen and oxygen atoms in total. The van der Waals surface area contributed by atoms with E-state index in [2.05, 4.69) is 0 Å². The molecule has 2 aromatic rings. The van der Waals surface area contributed by atoms with Gasteiger partial charge in [0.15, 0.2) is 6.29 Å². The lowest BCUT2D eigenvalue weighted by Crippen LogP contribution is -2.60. The maximum absolute atomic E-state index is 10.6. The fraction of sp³-hybridized carbons (Fsp3) is 0.429. The van der Waals surface area contributed by atoms with Crippen molar-refractivity contribution in [2.24, 2.45) is 0 Å². The molecule has 0 bridgehead atoms. The topological polar surface area (TPSA) is 77.4 Å². The second-order valence-electron chi connectivity index (χ2n) is 6.47. The molecular weight excluding hydrogens is 348 g/mol. The van der Waals surface area contributed by atoms with Crippen LogP contribution in [0, 0.1) is 0 Å². The van der Waals surface area contributed by atoms with Gasteiger partial charge in [0.25, 0.3) is 0 Å². The van der Waals surface area contributed by atoms with Gasteiger partial charge in [0.2, 0.25) is 0 Å². The Balaban J connectivity index is 1.73. The number of hydrogen-bond donors (Lipinski definition) is 2. The summed E-state index contributed by atoms with van der Waals surface area (Å²) in [7, 11) is 1.50. The normalized spacial score (nSPS) is 28.2. The third-order valence-electron chi connectivity index (χ3n) is 4.60. The van der Waals surface area contributed by atoms with E-state index < -0.39 is 30.7 Å². The molecule has 1 fully saturated rings. The van der Waals surface area contributed by atoms with Crippen LogP contribution in [-0.4, -0.2) is 54.6 Å². The number of rotatable bonds is 8. The van der Waals surface area contributed by atoms with Gasteiger partial charge >= 0.3 is 0 Å². The van der Waals surface area contributed by atoms with Crippen LogP contribution in [-0.2, 0) is 32.2 Å². The van der Waals surface area contributed by atoms with Crippen LogP contribution in [0.5, 0.6) is 0 Å². The fourth-order valence-corrected chi connectivity index (χ4v) is 3.13. The summed E-state index contributed by atoms with van der Waals surface area (Å²) in [6.07, 6.45) is -3.94. The van der Waals surface area contributed by atoms with Crippen molar-refractivity contribution in [3.8, 4) is 0 Å². The van der Waals surface area contributed by atoms with E-state index in [9.17, 15) is 10.2 Å². The average Bonchev–Trinajstić information content (AvgIpc) is 2.73. The van der Waals surface area contributed by atoms with Crippen LogP contribution in [0.3, 0.4) is 0 Å². The Kier molecular flexibility index (Phi) is 7.34. The summed E-state index contributed by atoms with van der Waals surface area (Å²) >= 11 is 0. The molecule has 5 atom stereocenters. The molecule has 1 heterocycles. The molecule has 0 spiro atoms. The van der Waals surface area contributed by atoms with Crippen molar-refractivity contribution < 1.29 is 29.2 Å². The van der Waals surface area contributed by atoms with Gasteiger partial charge in [-0.15, -0.1) is 0 Å². The first-order valence-electron chi connectivity index (χ1n) is 9.01. The minimum Gasteiger partial charge on any atom is -0.394 e. The maximum Gasteiger partial charge on any atom is 0.186 e. The number of hydrogen-bond acceptors (Lipinski definition) is 6. The highest BCUT2D eigenvalue weighted by molar-refractivity contribution is 5.14. The molecular formula is C21H26O6. The van der Waals surface area contributed by atoms with Gasteiger partial charge in [-0.25, -0.2) is 0 Å². The minimum atomic E-state index is -1.04. The summed E-state index contributed by atoms with van der Waals surface area (Å²) < 4.78 is 23.1. The molecule has 6 heteroatoms. The lowest BCUT2D eigenvalue weighted by atomic mass is 9.98. The van der Waals surface area contributed by atoms with Crippen LogP contribution in [0.4, 0.5) is 0 Å². The second-order valence-corrected chi connectivity index (χ2v) is 6.47. The summed E-state index contributed by atoms with van der Waals surface area (Å²) in [5.41, 5.74) is 1.97. The first-order valence-corrected chi connectivity index (χ1v) is 9.01. The fourth-order valence-electron chi connectivity index (χ4n) is 3.13. The van der Waals surface area contributed by atoms with Crippen LogP contribution in [0.25, 0.3) is 0 Å². The Morgan fingerprint density at radius 2 is 1.37 bits per heavy atom. The SMILES string of the molecule is CO[C@H]1OC(CO)[C@H](O)C(OCc2ccccc2)C1OCc1ccccc1. The van der Waals surface area contributed by atoms with Crippen molar-refractivity contribution in [1.82, 2.24) is 0 Å². The number of ether oxygens (including phenoxy) is 4. The zero-order valence-corrected chi connectivity index (χ0v) is 15.3. The van der Waals surface area contributed by atoms with Crippen molar-refractivity contribution in [3.05, 3.63) is 71.8 Å². The smallest absolute Gasteiger partial charge is 0.186 e. The van der Waals surface area contributed by atoms with Crippen molar-refractivity contribution in [3.63, 3.8) is 0 Å². The molecule has 1 aliphatic rings. The largest absolute Gasteiger partial charge is 0.394 e.